The molecule has 1 aliphatic rings. The Bertz CT molecular complexity index is 1190. The number of methoxy groups -OCH3 is 4. The summed E-state index contributed by atoms with van der Waals surface area (Å²) in [7, 11) is 6.29. The summed E-state index contributed by atoms with van der Waals surface area (Å²) in [5.74, 6) is 3.10. The van der Waals surface area contributed by atoms with Crippen LogP contribution in [0.25, 0.3) is 6.08 Å². The monoisotopic (exact) mass is 493 g/mol. The van der Waals surface area contributed by atoms with Gasteiger partial charge in [0.05, 0.1) is 34.0 Å². The van der Waals surface area contributed by atoms with Crippen molar-refractivity contribution in [3.05, 3.63) is 59.8 Å². The third kappa shape index (κ3) is 5.76. The van der Waals surface area contributed by atoms with E-state index in [0.29, 0.717) is 31.1 Å². The lowest BCUT2D eigenvalue weighted by Crippen LogP contribution is -2.37. The molecule has 10 heteroatoms. The Labute approximate surface area is 210 Å². The number of carbonyl (C=O) groups excluding carboxylic acids is 1. The van der Waals surface area contributed by atoms with Gasteiger partial charge in [-0.3, -0.25) is 4.79 Å². The van der Waals surface area contributed by atoms with Gasteiger partial charge in [0.25, 0.3) is 0 Å². The van der Waals surface area contributed by atoms with Crippen molar-refractivity contribution in [2.45, 2.75) is 25.3 Å². The van der Waals surface area contributed by atoms with E-state index in [2.05, 4.69) is 19.5 Å². The molecule has 0 aliphatic carbocycles. The van der Waals surface area contributed by atoms with E-state index in [1.54, 1.807) is 26.5 Å². The van der Waals surface area contributed by atoms with Crippen LogP contribution in [-0.4, -0.2) is 71.9 Å². The predicted octanol–water partition coefficient (Wildman–Crippen LogP) is 3.18. The lowest BCUT2D eigenvalue weighted by atomic mass is 9.95. The van der Waals surface area contributed by atoms with Crippen LogP contribution in [0.3, 0.4) is 0 Å². The molecule has 4 rings (SSSR count). The van der Waals surface area contributed by atoms with E-state index in [0.717, 1.165) is 35.7 Å². The van der Waals surface area contributed by atoms with Crippen molar-refractivity contribution in [3.8, 4) is 23.4 Å². The molecule has 0 radical (unpaired) electrons. The first-order valence-corrected chi connectivity index (χ1v) is 11.7. The lowest BCUT2D eigenvalue weighted by molar-refractivity contribution is -0.127. The van der Waals surface area contributed by atoms with Gasteiger partial charge in [0, 0.05) is 56.3 Å². The molecule has 0 bridgehead atoms. The van der Waals surface area contributed by atoms with E-state index in [-0.39, 0.29) is 17.8 Å². The Balaban J connectivity index is 1.38. The fourth-order valence-electron chi connectivity index (χ4n) is 4.33. The Hall–Kier alpha value is -4.08. The molecule has 1 aliphatic heterocycles. The number of nitrogens with zero attached hydrogens (tertiary/aromatic N) is 5. The van der Waals surface area contributed by atoms with Crippen molar-refractivity contribution in [2.75, 3.05) is 41.5 Å². The van der Waals surface area contributed by atoms with Crippen molar-refractivity contribution >= 4 is 12.0 Å². The molecule has 3 heterocycles. The average Bonchev–Trinajstić information content (AvgIpc) is 3.39. The molecular weight excluding hydrogens is 462 g/mol. The zero-order valence-corrected chi connectivity index (χ0v) is 21.0. The summed E-state index contributed by atoms with van der Waals surface area (Å²) in [6.45, 7) is 1.98. The van der Waals surface area contributed by atoms with E-state index in [9.17, 15) is 4.79 Å². The molecule has 1 amide bonds. The Morgan fingerprint density at radius 2 is 1.72 bits per heavy atom. The normalized spacial score (nSPS) is 14.2. The first-order valence-electron chi connectivity index (χ1n) is 11.7. The Morgan fingerprint density at radius 1 is 1.00 bits per heavy atom. The zero-order valence-electron chi connectivity index (χ0n) is 21.0. The van der Waals surface area contributed by atoms with Crippen LogP contribution in [0.1, 0.15) is 35.7 Å². The van der Waals surface area contributed by atoms with Gasteiger partial charge in [-0.25, -0.2) is 9.97 Å². The summed E-state index contributed by atoms with van der Waals surface area (Å²) in [5.41, 5.74) is 1.68. The van der Waals surface area contributed by atoms with Crippen LogP contribution in [0.15, 0.2) is 42.9 Å². The summed E-state index contributed by atoms with van der Waals surface area (Å²) in [5, 5.41) is 0. The van der Waals surface area contributed by atoms with Gasteiger partial charge in [0.1, 0.15) is 17.3 Å². The van der Waals surface area contributed by atoms with Crippen LogP contribution >= 0.6 is 0 Å². The highest BCUT2D eigenvalue weighted by atomic mass is 16.5. The van der Waals surface area contributed by atoms with Crippen molar-refractivity contribution in [3.63, 3.8) is 0 Å². The van der Waals surface area contributed by atoms with Crippen LogP contribution in [0.4, 0.5) is 0 Å². The second-order valence-corrected chi connectivity index (χ2v) is 8.39. The molecule has 1 aromatic carbocycles. The Kier molecular flexibility index (Phi) is 8.04. The lowest BCUT2D eigenvalue weighted by Gasteiger charge is -2.31. The highest BCUT2D eigenvalue weighted by Gasteiger charge is 2.26. The molecule has 0 N–H and O–H groups in total. The molecule has 190 valence electrons. The predicted molar refractivity (Wildman–Crippen MR) is 134 cm³/mol. The number of ether oxygens (including phenoxy) is 4. The quantitative estimate of drug-likeness (QED) is 0.419. The van der Waals surface area contributed by atoms with Gasteiger partial charge in [0.2, 0.25) is 11.8 Å². The summed E-state index contributed by atoms with van der Waals surface area (Å²) >= 11 is 0. The number of rotatable bonds is 9. The molecule has 36 heavy (non-hydrogen) atoms. The van der Waals surface area contributed by atoms with Gasteiger partial charge in [-0.2, -0.15) is 4.98 Å². The molecule has 0 saturated carbocycles. The van der Waals surface area contributed by atoms with Gasteiger partial charge < -0.3 is 28.4 Å². The third-order valence-electron chi connectivity index (χ3n) is 6.22. The van der Waals surface area contributed by atoms with Crippen molar-refractivity contribution in [1.82, 2.24) is 24.4 Å². The van der Waals surface area contributed by atoms with Gasteiger partial charge >= 0.3 is 6.01 Å². The number of hydrogen-bond acceptors (Lipinski definition) is 8. The van der Waals surface area contributed by atoms with Gasteiger partial charge in [-0.1, -0.05) is 0 Å². The molecule has 1 fully saturated rings. The number of benzene rings is 1. The number of carbonyl (C=O) groups is 1. The fourth-order valence-corrected chi connectivity index (χ4v) is 4.33. The van der Waals surface area contributed by atoms with Crippen LogP contribution in [0.5, 0.6) is 23.4 Å². The molecule has 3 aromatic rings. The van der Waals surface area contributed by atoms with Crippen molar-refractivity contribution in [1.29, 1.82) is 0 Å². The summed E-state index contributed by atoms with van der Waals surface area (Å²) in [4.78, 5) is 27.5. The smallest absolute Gasteiger partial charge is 0.319 e. The molecule has 0 atom stereocenters. The second kappa shape index (κ2) is 11.6. The van der Waals surface area contributed by atoms with Crippen molar-refractivity contribution < 1.29 is 23.7 Å². The summed E-state index contributed by atoms with van der Waals surface area (Å²) in [6, 6.07) is 6.07. The largest absolute Gasteiger partial charge is 0.497 e. The van der Waals surface area contributed by atoms with Gasteiger partial charge in [-0.05, 0) is 36.6 Å². The SMILES string of the molecule is COc1cc(Cn2ccnc2C2CCN(C(=O)C=Cc3cnc(OC)nc3OC)CC2)cc(OC)c1. The van der Waals surface area contributed by atoms with E-state index in [4.69, 9.17) is 18.9 Å². The summed E-state index contributed by atoms with van der Waals surface area (Å²) in [6.07, 6.45) is 10.3. The maximum Gasteiger partial charge on any atom is 0.319 e. The molecular formula is C26H31N5O5. The molecule has 1 saturated heterocycles. The fraction of sp³-hybridized carbons (Fsp3) is 0.385. The first-order chi connectivity index (χ1) is 17.5. The number of likely N-dealkylation sites (tertiary alicyclic amines) is 1. The maximum atomic E-state index is 12.8. The van der Waals surface area contributed by atoms with Crippen LogP contribution < -0.4 is 18.9 Å². The van der Waals surface area contributed by atoms with E-state index < -0.39 is 0 Å². The summed E-state index contributed by atoms with van der Waals surface area (Å²) < 4.78 is 23.2. The van der Waals surface area contributed by atoms with E-state index in [1.165, 1.54) is 20.3 Å². The highest BCUT2D eigenvalue weighted by Crippen LogP contribution is 2.29. The number of imidazole rings is 1. The standard InChI is InChI=1S/C26H31N5O5/c1-33-21-13-18(14-22(15-21)34-2)17-31-12-9-27-24(31)19-7-10-30(11-8-19)23(32)6-5-20-16-28-26(36-4)29-25(20)35-3/h5-6,9,12-16,19H,7-8,10-11,17H2,1-4H3. The van der Waals surface area contributed by atoms with Gasteiger partial charge in [-0.15, -0.1) is 0 Å². The number of aromatic nitrogens is 4. The number of piperidine rings is 1. The van der Waals surface area contributed by atoms with Crippen LogP contribution in [0, 0.1) is 0 Å². The third-order valence-corrected chi connectivity index (χ3v) is 6.22. The minimum atomic E-state index is -0.0573. The van der Waals surface area contributed by atoms with Gasteiger partial charge in [0.15, 0.2) is 0 Å². The minimum Gasteiger partial charge on any atom is -0.497 e. The minimum absolute atomic E-state index is 0.0573. The zero-order chi connectivity index (χ0) is 25.5. The van der Waals surface area contributed by atoms with Crippen molar-refractivity contribution in [2.24, 2.45) is 0 Å². The molecule has 2 aromatic heterocycles. The number of amides is 1. The first kappa shape index (κ1) is 25.0. The highest BCUT2D eigenvalue weighted by molar-refractivity contribution is 5.92. The van der Waals surface area contributed by atoms with Crippen LogP contribution in [-0.2, 0) is 11.3 Å². The Morgan fingerprint density at radius 3 is 2.36 bits per heavy atom. The molecule has 0 spiro atoms. The number of hydrogen-bond donors (Lipinski definition) is 0. The second-order valence-electron chi connectivity index (χ2n) is 8.39. The molecule has 0 unspecified atom stereocenters. The average molecular weight is 494 g/mol. The molecule has 10 nitrogen and oxygen atoms in total. The topological polar surface area (TPSA) is 101 Å². The van der Waals surface area contributed by atoms with E-state index >= 15 is 0 Å². The maximum absolute atomic E-state index is 12.8. The van der Waals surface area contributed by atoms with E-state index in [1.807, 2.05) is 35.5 Å². The van der Waals surface area contributed by atoms with Crippen LogP contribution in [0.2, 0.25) is 0 Å².